The van der Waals surface area contributed by atoms with Crippen LogP contribution < -0.4 is 0 Å². The number of aromatic nitrogens is 10. The van der Waals surface area contributed by atoms with Gasteiger partial charge in [-0.05, 0) is 97.8 Å². The minimum Gasteiger partial charge on any atom is -0.354 e. The van der Waals surface area contributed by atoms with Crippen molar-refractivity contribution in [3.8, 4) is 85.4 Å². The summed E-state index contributed by atoms with van der Waals surface area (Å²) in [5, 5.41) is 8.13. The molecule has 95 heavy (non-hydrogen) atoms. The third kappa shape index (κ3) is 11.1. The first-order chi connectivity index (χ1) is 46.8. The normalized spacial score (nSPS) is 11.3. The lowest BCUT2D eigenvalue weighted by Crippen LogP contribution is -2.01. The number of nitrogens with one attached hydrogen (secondary N) is 1. The van der Waals surface area contributed by atoms with Crippen LogP contribution in [0.5, 0.6) is 0 Å². The number of fused-ring (bicyclic) bond motifs is 10. The zero-order valence-corrected chi connectivity index (χ0v) is 52.7. The maximum atomic E-state index is 6.14. The first kappa shape index (κ1) is 57.8. The summed E-state index contributed by atoms with van der Waals surface area (Å²) < 4.78 is 6.95. The van der Waals surface area contributed by atoms with E-state index in [-0.39, 0.29) is 0 Å². The molecule has 0 saturated carbocycles. The standard InChI is InChI=1S/C42H29N5.C21H14ClN3.C21H16N2/c1-28-13-8-10-21-36(28)46-26-25-35-37(46)24-23-34-33-20-9-11-22-38(33)47(39(34)35)32-19-12-18-31(27-32)42-44-40(29-14-4-2-5-15-29)43-41(45-42)30-16-6-3-7-17-30;22-18-13-7-12-17(14-18)21-24-19(15-8-3-1-4-9-15)23-20(25-21)16-10-5-2-6-11-16;1-14-6-2-5-9-19(14)23-13-12-17-20(23)11-10-16-15-7-3-4-8-18(15)22-21(16)17/h2-27H,1H3;1-14H;2-13,22H,1H3. The number of aryl methyl sites for hydroxylation is 2. The minimum absolute atomic E-state index is 0.607. The second-order valence-electron chi connectivity index (χ2n) is 23.4. The summed E-state index contributed by atoms with van der Waals surface area (Å²) in [7, 11) is 0. The molecule has 0 radical (unpaired) electrons. The third-order valence-corrected chi connectivity index (χ3v) is 17.7. The molecular weight excluding hydrogens is 1180 g/mol. The molecule has 0 saturated heterocycles. The Kier molecular flexibility index (Phi) is 15.2. The van der Waals surface area contributed by atoms with Crippen LogP contribution in [0.1, 0.15) is 11.1 Å². The Hall–Kier alpha value is -12.4. The molecular formula is C84H59ClN10. The molecule has 10 nitrogen and oxygen atoms in total. The van der Waals surface area contributed by atoms with Gasteiger partial charge < -0.3 is 18.7 Å². The summed E-state index contributed by atoms with van der Waals surface area (Å²) in [6.07, 6.45) is 4.35. The number of H-pyrrole nitrogens is 1. The summed E-state index contributed by atoms with van der Waals surface area (Å²) in [5.41, 5.74) is 18.7. The van der Waals surface area contributed by atoms with Crippen LogP contribution in [0.3, 0.4) is 0 Å². The first-order valence-corrected chi connectivity index (χ1v) is 32.0. The molecule has 0 bridgehead atoms. The second kappa shape index (κ2) is 25.0. The van der Waals surface area contributed by atoms with Crippen LogP contribution in [0.25, 0.3) is 151 Å². The molecule has 0 aliphatic heterocycles. The van der Waals surface area contributed by atoms with Crippen molar-refractivity contribution in [1.29, 1.82) is 0 Å². The fourth-order valence-electron chi connectivity index (χ4n) is 12.9. The lowest BCUT2D eigenvalue weighted by Gasteiger charge is -2.12. The minimum atomic E-state index is 0.607. The molecule has 6 aromatic heterocycles. The van der Waals surface area contributed by atoms with Gasteiger partial charge in [0, 0.05) is 106 Å². The van der Waals surface area contributed by atoms with Crippen LogP contribution in [-0.2, 0) is 0 Å². The van der Waals surface area contributed by atoms with E-state index < -0.39 is 0 Å². The largest absolute Gasteiger partial charge is 0.354 e. The Morgan fingerprint density at radius 1 is 0.295 bits per heavy atom. The van der Waals surface area contributed by atoms with Gasteiger partial charge in [-0.2, -0.15) is 0 Å². The molecule has 1 N–H and O–H groups in total. The average Bonchev–Trinajstić information content (AvgIpc) is 1.58. The van der Waals surface area contributed by atoms with Crippen molar-refractivity contribution < 1.29 is 0 Å². The van der Waals surface area contributed by atoms with Gasteiger partial charge in [-0.25, -0.2) is 29.9 Å². The Morgan fingerprint density at radius 3 is 1.23 bits per heavy atom. The van der Waals surface area contributed by atoms with Crippen LogP contribution in [0.2, 0.25) is 5.02 Å². The molecule has 12 aromatic carbocycles. The molecule has 0 amide bonds. The van der Waals surface area contributed by atoms with Gasteiger partial charge in [0.15, 0.2) is 34.9 Å². The van der Waals surface area contributed by atoms with E-state index >= 15 is 0 Å². The quantitative estimate of drug-likeness (QED) is 0.154. The van der Waals surface area contributed by atoms with Gasteiger partial charge in [-0.1, -0.05) is 242 Å². The maximum Gasteiger partial charge on any atom is 0.164 e. The number of benzene rings is 12. The fourth-order valence-corrected chi connectivity index (χ4v) is 13.0. The van der Waals surface area contributed by atoms with E-state index in [1.54, 1.807) is 0 Å². The van der Waals surface area contributed by atoms with Crippen molar-refractivity contribution in [3.05, 3.63) is 332 Å². The summed E-state index contributed by atoms with van der Waals surface area (Å²) in [4.78, 5) is 32.5. The monoisotopic (exact) mass is 1240 g/mol. The highest BCUT2D eigenvalue weighted by Crippen LogP contribution is 2.40. The molecule has 18 rings (SSSR count). The SMILES string of the molecule is Cc1ccccc1-n1ccc2c1ccc1c3ccccc3n(-c3cccc(-c4nc(-c5ccccc5)nc(-c5ccccc5)n4)c3)c12.Cc1ccccc1-n1ccc2c3[nH]c4ccccc4c3ccc21.Clc1cccc(-c2nc(-c3ccccc3)nc(-c3ccccc3)n2)c1. The van der Waals surface area contributed by atoms with Crippen LogP contribution in [0, 0.1) is 13.8 Å². The van der Waals surface area contributed by atoms with Crippen LogP contribution >= 0.6 is 11.6 Å². The highest BCUT2D eigenvalue weighted by molar-refractivity contribution is 6.30. The number of nitrogens with zero attached hydrogens (tertiary/aromatic N) is 9. The number of halogens is 1. The number of rotatable bonds is 9. The smallest absolute Gasteiger partial charge is 0.164 e. The highest BCUT2D eigenvalue weighted by atomic mass is 35.5. The molecule has 18 aromatic rings. The predicted octanol–water partition coefficient (Wildman–Crippen LogP) is 21.3. The Morgan fingerprint density at radius 2 is 0.705 bits per heavy atom. The Balaban J connectivity index is 0.000000124. The molecule has 6 heterocycles. The second-order valence-corrected chi connectivity index (χ2v) is 23.9. The number of para-hydroxylation sites is 4. The van der Waals surface area contributed by atoms with Gasteiger partial charge >= 0.3 is 0 Å². The van der Waals surface area contributed by atoms with Crippen LogP contribution in [0.4, 0.5) is 0 Å². The first-order valence-electron chi connectivity index (χ1n) is 31.6. The molecule has 11 heteroatoms. The van der Waals surface area contributed by atoms with E-state index in [1.165, 1.54) is 82.4 Å². The topological polar surface area (TPSA) is 108 Å². The van der Waals surface area contributed by atoms with Crippen LogP contribution in [-0.4, -0.2) is 48.6 Å². The summed E-state index contributed by atoms with van der Waals surface area (Å²) in [6.45, 7) is 4.32. The molecule has 0 unspecified atom stereocenters. The van der Waals surface area contributed by atoms with E-state index in [9.17, 15) is 0 Å². The van der Waals surface area contributed by atoms with E-state index in [0.29, 0.717) is 40.0 Å². The molecule has 0 fully saturated rings. The van der Waals surface area contributed by atoms with E-state index in [2.05, 4.69) is 218 Å². The zero-order chi connectivity index (χ0) is 63.8. The van der Waals surface area contributed by atoms with Gasteiger partial charge in [0.2, 0.25) is 0 Å². The van der Waals surface area contributed by atoms with E-state index in [4.69, 9.17) is 26.6 Å². The van der Waals surface area contributed by atoms with Crippen molar-refractivity contribution >= 4 is 77.0 Å². The van der Waals surface area contributed by atoms with Gasteiger partial charge in [-0.15, -0.1) is 0 Å². The zero-order valence-electron chi connectivity index (χ0n) is 51.9. The highest BCUT2D eigenvalue weighted by Gasteiger charge is 2.20. The number of aromatic amines is 1. The maximum absolute atomic E-state index is 6.14. The van der Waals surface area contributed by atoms with Gasteiger partial charge in [-0.3, -0.25) is 0 Å². The molecule has 0 spiro atoms. The third-order valence-electron chi connectivity index (χ3n) is 17.4. The molecule has 0 atom stereocenters. The van der Waals surface area contributed by atoms with E-state index in [0.717, 1.165) is 44.6 Å². The van der Waals surface area contributed by atoms with Crippen molar-refractivity contribution in [2.75, 3.05) is 0 Å². The lowest BCUT2D eigenvalue weighted by atomic mass is 10.1. The van der Waals surface area contributed by atoms with Crippen molar-refractivity contribution in [2.24, 2.45) is 0 Å². The number of hydrogen-bond acceptors (Lipinski definition) is 6. The fraction of sp³-hybridized carbons (Fsp3) is 0.0238. The molecule has 0 aliphatic carbocycles. The number of hydrogen-bond donors (Lipinski definition) is 1. The van der Waals surface area contributed by atoms with Crippen LogP contribution in [0.15, 0.2) is 316 Å². The van der Waals surface area contributed by atoms with Gasteiger partial charge in [0.05, 0.1) is 27.6 Å². The van der Waals surface area contributed by atoms with E-state index in [1.807, 2.05) is 146 Å². The van der Waals surface area contributed by atoms with Crippen molar-refractivity contribution in [1.82, 2.24) is 48.6 Å². The van der Waals surface area contributed by atoms with Crippen molar-refractivity contribution in [2.45, 2.75) is 13.8 Å². The van der Waals surface area contributed by atoms with Crippen molar-refractivity contribution in [3.63, 3.8) is 0 Å². The Labute approximate surface area is 553 Å². The summed E-state index contributed by atoms with van der Waals surface area (Å²) >= 11 is 6.14. The molecule has 0 aliphatic rings. The van der Waals surface area contributed by atoms with Gasteiger partial charge in [0.1, 0.15) is 0 Å². The summed E-state index contributed by atoms with van der Waals surface area (Å²) in [5.74, 6) is 3.83. The molecule has 452 valence electrons. The predicted molar refractivity (Wildman–Crippen MR) is 391 cm³/mol. The lowest BCUT2D eigenvalue weighted by molar-refractivity contribution is 1.07. The Bertz CT molecular complexity index is 5720. The average molecular weight is 1240 g/mol. The summed E-state index contributed by atoms with van der Waals surface area (Å²) in [6, 6.07) is 104. The van der Waals surface area contributed by atoms with Gasteiger partial charge in [0.25, 0.3) is 0 Å².